The van der Waals surface area contributed by atoms with Gasteiger partial charge in [0.15, 0.2) is 0 Å². The van der Waals surface area contributed by atoms with Crippen LogP contribution in [0.3, 0.4) is 0 Å². The van der Waals surface area contributed by atoms with Gasteiger partial charge in [-0.05, 0) is 13.3 Å². The van der Waals surface area contributed by atoms with Crippen molar-refractivity contribution in [2.75, 3.05) is 6.54 Å². The highest BCUT2D eigenvalue weighted by Crippen LogP contribution is 2.15. The van der Waals surface area contributed by atoms with Crippen LogP contribution < -0.4 is 5.32 Å². The van der Waals surface area contributed by atoms with Gasteiger partial charge < -0.3 is 5.11 Å². The minimum atomic E-state index is -0.949. The Kier molecular flexibility index (Phi) is 1.74. The fraction of sp³-hybridized carbons (Fsp3) is 0.667. The van der Waals surface area contributed by atoms with Crippen LogP contribution in [-0.4, -0.2) is 28.0 Å². The molecule has 1 aliphatic heterocycles. The van der Waals surface area contributed by atoms with E-state index in [1.54, 1.807) is 6.92 Å². The number of carboxylic acid groups (broad SMARTS) is 1. The molecule has 0 aromatic rings. The van der Waals surface area contributed by atoms with E-state index in [0.29, 0.717) is 17.8 Å². The van der Waals surface area contributed by atoms with E-state index in [-0.39, 0.29) is 0 Å². The molecule has 1 aliphatic rings. The molecule has 10 heavy (non-hydrogen) atoms. The molecule has 1 fully saturated rings. The highest BCUT2D eigenvalue weighted by atomic mass is 32.1. The second kappa shape index (κ2) is 2.29. The van der Waals surface area contributed by atoms with Crippen molar-refractivity contribution in [3.63, 3.8) is 0 Å². The SMILES string of the molecule is C[C@]1(C(=O)O)NCCC1=S. The highest BCUT2D eigenvalue weighted by Gasteiger charge is 2.40. The summed E-state index contributed by atoms with van der Waals surface area (Å²) in [6.07, 6.45) is 0.693. The third-order valence-electron chi connectivity index (χ3n) is 1.82. The molecule has 0 spiro atoms. The summed E-state index contributed by atoms with van der Waals surface area (Å²) in [7, 11) is 0. The van der Waals surface area contributed by atoms with E-state index in [1.807, 2.05) is 0 Å². The van der Waals surface area contributed by atoms with Crippen molar-refractivity contribution in [1.82, 2.24) is 5.32 Å². The Morgan fingerprint density at radius 2 is 2.50 bits per heavy atom. The van der Waals surface area contributed by atoms with Gasteiger partial charge >= 0.3 is 5.97 Å². The van der Waals surface area contributed by atoms with Gasteiger partial charge in [-0.1, -0.05) is 12.2 Å². The average Bonchev–Trinajstić information content (AvgIpc) is 2.15. The number of carboxylic acids is 1. The van der Waals surface area contributed by atoms with Gasteiger partial charge in [-0.2, -0.15) is 0 Å². The predicted molar refractivity (Wildman–Crippen MR) is 41.3 cm³/mol. The molecular formula is C6H9NO2S. The standard InChI is InChI=1S/C6H9NO2S/c1-6(5(8)9)4(10)2-3-7-6/h7H,2-3H2,1H3,(H,8,9)/t6-/m0/s1. The zero-order valence-corrected chi connectivity index (χ0v) is 6.49. The first-order valence-electron chi connectivity index (χ1n) is 3.09. The highest BCUT2D eigenvalue weighted by molar-refractivity contribution is 7.80. The fourth-order valence-corrected chi connectivity index (χ4v) is 1.23. The van der Waals surface area contributed by atoms with Gasteiger partial charge in [0.05, 0.1) is 0 Å². The maximum atomic E-state index is 10.6. The van der Waals surface area contributed by atoms with Crippen LogP contribution in [-0.2, 0) is 4.79 Å². The molecule has 0 radical (unpaired) electrons. The summed E-state index contributed by atoms with van der Waals surface area (Å²) in [6, 6.07) is 0. The van der Waals surface area contributed by atoms with Crippen molar-refractivity contribution in [3.8, 4) is 0 Å². The number of nitrogens with one attached hydrogen (secondary N) is 1. The maximum absolute atomic E-state index is 10.6. The Balaban J connectivity index is 2.86. The molecule has 0 aromatic carbocycles. The molecule has 56 valence electrons. The van der Waals surface area contributed by atoms with Crippen molar-refractivity contribution >= 4 is 23.1 Å². The number of hydrogen-bond acceptors (Lipinski definition) is 3. The van der Waals surface area contributed by atoms with Crippen molar-refractivity contribution in [1.29, 1.82) is 0 Å². The lowest BCUT2D eigenvalue weighted by Crippen LogP contribution is -2.49. The molecule has 0 aliphatic carbocycles. The normalized spacial score (nSPS) is 32.7. The molecule has 0 unspecified atom stereocenters. The molecule has 1 saturated heterocycles. The molecule has 0 bridgehead atoms. The minimum absolute atomic E-state index is 0.597. The molecule has 1 rings (SSSR count). The Labute approximate surface area is 64.4 Å². The summed E-state index contributed by atoms with van der Waals surface area (Å²) in [6.45, 7) is 2.28. The lowest BCUT2D eigenvalue weighted by Gasteiger charge is -2.17. The summed E-state index contributed by atoms with van der Waals surface area (Å²) in [4.78, 5) is 11.2. The van der Waals surface area contributed by atoms with Crippen LogP contribution in [0.2, 0.25) is 0 Å². The summed E-state index contributed by atoms with van der Waals surface area (Å²) < 4.78 is 0. The molecule has 3 nitrogen and oxygen atoms in total. The first-order valence-corrected chi connectivity index (χ1v) is 3.50. The van der Waals surface area contributed by atoms with E-state index < -0.39 is 11.5 Å². The zero-order chi connectivity index (χ0) is 7.78. The van der Waals surface area contributed by atoms with Gasteiger partial charge in [0.1, 0.15) is 5.54 Å². The van der Waals surface area contributed by atoms with Gasteiger partial charge in [-0.25, -0.2) is 4.79 Å². The fourth-order valence-electron chi connectivity index (χ4n) is 0.969. The molecular weight excluding hydrogens is 150 g/mol. The number of hydrogen-bond donors (Lipinski definition) is 2. The van der Waals surface area contributed by atoms with Gasteiger partial charge in [0, 0.05) is 11.4 Å². The average molecular weight is 159 g/mol. The maximum Gasteiger partial charge on any atom is 0.328 e. The van der Waals surface area contributed by atoms with E-state index in [0.717, 1.165) is 0 Å². The van der Waals surface area contributed by atoms with Crippen LogP contribution in [0, 0.1) is 0 Å². The lowest BCUT2D eigenvalue weighted by molar-refractivity contribution is -0.140. The lowest BCUT2D eigenvalue weighted by atomic mass is 10.0. The van der Waals surface area contributed by atoms with E-state index in [1.165, 1.54) is 0 Å². The van der Waals surface area contributed by atoms with Gasteiger partial charge in [-0.3, -0.25) is 5.32 Å². The van der Waals surface area contributed by atoms with Crippen LogP contribution in [0.1, 0.15) is 13.3 Å². The van der Waals surface area contributed by atoms with Crippen LogP contribution in [0.15, 0.2) is 0 Å². The van der Waals surface area contributed by atoms with Crippen molar-refractivity contribution in [3.05, 3.63) is 0 Å². The quantitative estimate of drug-likeness (QED) is 0.536. The van der Waals surface area contributed by atoms with Crippen molar-refractivity contribution < 1.29 is 9.90 Å². The summed E-state index contributed by atoms with van der Waals surface area (Å²) in [5.74, 6) is -0.880. The second-order valence-electron chi connectivity index (χ2n) is 2.53. The van der Waals surface area contributed by atoms with E-state index in [4.69, 9.17) is 17.3 Å². The van der Waals surface area contributed by atoms with E-state index in [9.17, 15) is 4.79 Å². The van der Waals surface area contributed by atoms with Gasteiger partial charge in [0.2, 0.25) is 0 Å². The number of thiocarbonyl (C=S) groups is 1. The Hall–Kier alpha value is -0.480. The van der Waals surface area contributed by atoms with E-state index in [2.05, 4.69) is 5.32 Å². The minimum Gasteiger partial charge on any atom is -0.480 e. The van der Waals surface area contributed by atoms with E-state index >= 15 is 0 Å². The van der Waals surface area contributed by atoms with Crippen molar-refractivity contribution in [2.45, 2.75) is 18.9 Å². The molecule has 0 amide bonds. The third kappa shape index (κ3) is 0.932. The molecule has 4 heteroatoms. The molecule has 1 atom stereocenters. The van der Waals surface area contributed by atoms with Gasteiger partial charge in [-0.15, -0.1) is 0 Å². The zero-order valence-electron chi connectivity index (χ0n) is 5.68. The van der Waals surface area contributed by atoms with Crippen LogP contribution in [0.25, 0.3) is 0 Å². The smallest absolute Gasteiger partial charge is 0.328 e. The second-order valence-corrected chi connectivity index (χ2v) is 3.02. The summed E-state index contributed by atoms with van der Waals surface area (Å²) in [5.41, 5.74) is -0.949. The molecule has 2 N–H and O–H groups in total. The van der Waals surface area contributed by atoms with Crippen LogP contribution >= 0.6 is 12.2 Å². The largest absolute Gasteiger partial charge is 0.480 e. The molecule has 1 heterocycles. The topological polar surface area (TPSA) is 49.3 Å². The first kappa shape index (κ1) is 7.63. The Morgan fingerprint density at radius 3 is 2.70 bits per heavy atom. The number of rotatable bonds is 1. The monoisotopic (exact) mass is 159 g/mol. The van der Waals surface area contributed by atoms with Crippen molar-refractivity contribution in [2.24, 2.45) is 0 Å². The summed E-state index contributed by atoms with van der Waals surface area (Å²) in [5, 5.41) is 11.5. The van der Waals surface area contributed by atoms with Gasteiger partial charge in [0.25, 0.3) is 0 Å². The molecule has 0 aromatic heterocycles. The predicted octanol–water partition coefficient (Wildman–Crippen LogP) is 0.193. The first-order chi connectivity index (χ1) is 4.57. The van der Waals surface area contributed by atoms with Crippen LogP contribution in [0.5, 0.6) is 0 Å². The Bertz CT molecular complexity index is 192. The van der Waals surface area contributed by atoms with Crippen LogP contribution in [0.4, 0.5) is 0 Å². The third-order valence-corrected chi connectivity index (χ3v) is 2.43. The number of carbonyl (C=O) groups is 1. The number of aliphatic carboxylic acids is 1. The molecule has 0 saturated carbocycles. The Morgan fingerprint density at radius 1 is 1.90 bits per heavy atom. The summed E-state index contributed by atoms with van der Waals surface area (Å²) >= 11 is 4.89.